The molecule has 0 saturated carbocycles. The molecule has 2 N–H and O–H groups in total. The van der Waals surface area contributed by atoms with Crippen molar-refractivity contribution in [3.8, 4) is 0 Å². The molecule has 2 aliphatic heterocycles. The largest absolute Gasteiger partial charge is 0.355 e. The molecule has 0 aliphatic carbocycles. The molecule has 2 aliphatic rings. The number of hydrogen-bond donors (Lipinski definition) is 2. The van der Waals surface area contributed by atoms with Gasteiger partial charge in [0, 0.05) is 12.1 Å². The number of imide groups is 2. The molecule has 0 aromatic heterocycles. The molecule has 1 saturated heterocycles. The van der Waals surface area contributed by atoms with E-state index in [9.17, 15) is 19.2 Å². The highest BCUT2D eigenvalue weighted by atomic mass is 16.2. The zero-order valence-corrected chi connectivity index (χ0v) is 14.6. The number of nitrogens with zero attached hydrogens (tertiary/aromatic N) is 1. The molecular weight excluding hydrogens is 346 g/mol. The molecule has 2 heterocycles. The molecule has 2 aromatic rings. The van der Waals surface area contributed by atoms with Gasteiger partial charge in [-0.3, -0.25) is 29.4 Å². The minimum Gasteiger partial charge on any atom is -0.355 e. The number of piperidine rings is 1. The second kappa shape index (κ2) is 6.35. The fraction of sp³-hybridized carbons (Fsp3) is 0.200. The van der Waals surface area contributed by atoms with Crippen LogP contribution in [0, 0.1) is 6.92 Å². The van der Waals surface area contributed by atoms with E-state index in [0.717, 1.165) is 16.2 Å². The van der Waals surface area contributed by atoms with Crippen LogP contribution in [0.1, 0.15) is 39.1 Å². The number of carbonyl (C=O) groups excluding carboxylic acids is 4. The maximum atomic E-state index is 13.0. The highest BCUT2D eigenvalue weighted by Gasteiger charge is 2.45. The van der Waals surface area contributed by atoms with Crippen molar-refractivity contribution < 1.29 is 19.2 Å². The number of hydrogen-bond acceptors (Lipinski definition) is 5. The molecule has 7 heteroatoms. The second-order valence-corrected chi connectivity index (χ2v) is 6.62. The lowest BCUT2D eigenvalue weighted by Crippen LogP contribution is -2.54. The molecule has 4 amide bonds. The Labute approximate surface area is 155 Å². The number of rotatable bonds is 3. The van der Waals surface area contributed by atoms with Crippen LogP contribution >= 0.6 is 0 Å². The lowest BCUT2D eigenvalue weighted by molar-refractivity contribution is -0.136. The van der Waals surface area contributed by atoms with Crippen LogP contribution in [-0.4, -0.2) is 34.6 Å². The Hall–Kier alpha value is -3.48. The van der Waals surface area contributed by atoms with Crippen molar-refractivity contribution in [2.45, 2.75) is 25.8 Å². The third-order valence-corrected chi connectivity index (χ3v) is 4.88. The van der Waals surface area contributed by atoms with Crippen molar-refractivity contribution in [3.05, 3.63) is 59.2 Å². The van der Waals surface area contributed by atoms with Gasteiger partial charge in [-0.15, -0.1) is 0 Å². The monoisotopic (exact) mass is 363 g/mol. The summed E-state index contributed by atoms with van der Waals surface area (Å²) in [4.78, 5) is 50.3. The van der Waals surface area contributed by atoms with Crippen LogP contribution in [0.2, 0.25) is 0 Å². The van der Waals surface area contributed by atoms with Gasteiger partial charge in [0.15, 0.2) is 0 Å². The first-order valence-corrected chi connectivity index (χ1v) is 8.64. The molecule has 0 bridgehead atoms. The highest BCUT2D eigenvalue weighted by molar-refractivity contribution is 6.25. The van der Waals surface area contributed by atoms with Crippen LogP contribution in [0.4, 0.5) is 11.4 Å². The summed E-state index contributed by atoms with van der Waals surface area (Å²) in [5.74, 6) is -2.05. The van der Waals surface area contributed by atoms with Crippen LogP contribution in [0.5, 0.6) is 0 Å². The number of anilines is 2. The van der Waals surface area contributed by atoms with Crippen molar-refractivity contribution >= 4 is 35.0 Å². The lowest BCUT2D eigenvalue weighted by Gasteiger charge is -2.27. The summed E-state index contributed by atoms with van der Waals surface area (Å²) in [6, 6.07) is 11.6. The molecule has 136 valence electrons. The Morgan fingerprint density at radius 3 is 2.44 bits per heavy atom. The molecule has 7 nitrogen and oxygen atoms in total. The van der Waals surface area contributed by atoms with Gasteiger partial charge in [-0.25, -0.2) is 0 Å². The average molecular weight is 363 g/mol. The fourth-order valence-electron chi connectivity index (χ4n) is 3.48. The first-order chi connectivity index (χ1) is 13.0. The van der Waals surface area contributed by atoms with Crippen molar-refractivity contribution in [3.63, 3.8) is 0 Å². The zero-order chi connectivity index (χ0) is 19.1. The van der Waals surface area contributed by atoms with Crippen molar-refractivity contribution in [2.24, 2.45) is 0 Å². The van der Waals surface area contributed by atoms with Gasteiger partial charge >= 0.3 is 0 Å². The van der Waals surface area contributed by atoms with E-state index in [1.165, 1.54) is 0 Å². The molecule has 2 aromatic carbocycles. The SMILES string of the molecule is Cc1ccccc1Nc1cccc2c1C(=O)N(C1CCC(=O)NC1=O)C2=O. The highest BCUT2D eigenvalue weighted by Crippen LogP contribution is 2.34. The van der Waals surface area contributed by atoms with Gasteiger partial charge in [0.1, 0.15) is 6.04 Å². The number of amides is 4. The molecule has 27 heavy (non-hydrogen) atoms. The smallest absolute Gasteiger partial charge is 0.264 e. The quantitative estimate of drug-likeness (QED) is 0.815. The second-order valence-electron chi connectivity index (χ2n) is 6.62. The molecular formula is C20H17N3O4. The van der Waals surface area contributed by atoms with Crippen LogP contribution in [0.25, 0.3) is 0 Å². The van der Waals surface area contributed by atoms with E-state index in [2.05, 4.69) is 10.6 Å². The van der Waals surface area contributed by atoms with Gasteiger partial charge in [-0.2, -0.15) is 0 Å². The molecule has 0 spiro atoms. The standard InChI is InChI=1S/C20H17N3O4/c1-11-5-2-3-7-13(11)21-14-8-4-6-12-17(14)20(27)23(19(12)26)15-9-10-16(24)22-18(15)25/h2-8,15,21H,9-10H2,1H3,(H,22,24,25). The predicted molar refractivity (Wildman–Crippen MR) is 97.6 cm³/mol. The predicted octanol–water partition coefficient (Wildman–Crippen LogP) is 2.14. The summed E-state index contributed by atoms with van der Waals surface area (Å²) in [5.41, 5.74) is 2.83. The van der Waals surface area contributed by atoms with E-state index in [1.54, 1.807) is 18.2 Å². The maximum Gasteiger partial charge on any atom is 0.264 e. The third-order valence-electron chi connectivity index (χ3n) is 4.88. The first kappa shape index (κ1) is 17.0. The van der Waals surface area contributed by atoms with Gasteiger partial charge in [0.2, 0.25) is 11.8 Å². The normalized spacial score (nSPS) is 19.1. The van der Waals surface area contributed by atoms with Crippen LogP contribution < -0.4 is 10.6 Å². The number of nitrogens with one attached hydrogen (secondary N) is 2. The summed E-state index contributed by atoms with van der Waals surface area (Å²) >= 11 is 0. The third kappa shape index (κ3) is 2.77. The number of carbonyl (C=O) groups is 4. The van der Waals surface area contributed by atoms with Gasteiger partial charge in [-0.1, -0.05) is 24.3 Å². The van der Waals surface area contributed by atoms with Crippen molar-refractivity contribution in [1.29, 1.82) is 0 Å². The van der Waals surface area contributed by atoms with Crippen LogP contribution in [0.15, 0.2) is 42.5 Å². The van der Waals surface area contributed by atoms with Gasteiger partial charge in [0.05, 0.1) is 16.8 Å². The number of aryl methyl sites for hydroxylation is 1. The van der Waals surface area contributed by atoms with Crippen LogP contribution in [-0.2, 0) is 9.59 Å². The number of fused-ring (bicyclic) bond motifs is 1. The first-order valence-electron chi connectivity index (χ1n) is 8.64. The van der Waals surface area contributed by atoms with Gasteiger partial charge in [0.25, 0.3) is 11.8 Å². The summed E-state index contributed by atoms with van der Waals surface area (Å²) in [6.45, 7) is 1.94. The van der Waals surface area contributed by atoms with E-state index >= 15 is 0 Å². The van der Waals surface area contributed by atoms with E-state index in [-0.39, 0.29) is 24.0 Å². The minimum atomic E-state index is -0.971. The number of para-hydroxylation sites is 1. The lowest BCUT2D eigenvalue weighted by atomic mass is 10.0. The van der Waals surface area contributed by atoms with E-state index in [1.807, 2.05) is 31.2 Å². The zero-order valence-electron chi connectivity index (χ0n) is 14.6. The van der Waals surface area contributed by atoms with Gasteiger partial charge < -0.3 is 5.32 Å². The average Bonchev–Trinajstić information content (AvgIpc) is 2.89. The fourth-order valence-corrected chi connectivity index (χ4v) is 3.48. The molecule has 1 fully saturated rings. The Morgan fingerprint density at radius 1 is 0.963 bits per heavy atom. The van der Waals surface area contributed by atoms with Crippen LogP contribution in [0.3, 0.4) is 0 Å². The Balaban J connectivity index is 1.71. The van der Waals surface area contributed by atoms with E-state index < -0.39 is 29.7 Å². The van der Waals surface area contributed by atoms with E-state index in [0.29, 0.717) is 5.69 Å². The molecule has 1 unspecified atom stereocenters. The topological polar surface area (TPSA) is 95.6 Å². The summed E-state index contributed by atoms with van der Waals surface area (Å²) < 4.78 is 0. The summed E-state index contributed by atoms with van der Waals surface area (Å²) in [7, 11) is 0. The Kier molecular flexibility index (Phi) is 3.99. The Bertz CT molecular complexity index is 998. The molecule has 4 rings (SSSR count). The van der Waals surface area contributed by atoms with Gasteiger partial charge in [-0.05, 0) is 37.1 Å². The molecule has 1 atom stereocenters. The Morgan fingerprint density at radius 2 is 1.70 bits per heavy atom. The van der Waals surface area contributed by atoms with E-state index in [4.69, 9.17) is 0 Å². The minimum absolute atomic E-state index is 0.0954. The summed E-state index contributed by atoms with van der Waals surface area (Å²) in [5, 5.41) is 5.41. The summed E-state index contributed by atoms with van der Waals surface area (Å²) in [6.07, 6.45) is 0.231. The van der Waals surface area contributed by atoms with Crippen molar-refractivity contribution in [1.82, 2.24) is 10.2 Å². The number of benzene rings is 2. The maximum absolute atomic E-state index is 13.0. The molecule has 0 radical (unpaired) electrons. The van der Waals surface area contributed by atoms with Crippen molar-refractivity contribution in [2.75, 3.05) is 5.32 Å².